The van der Waals surface area contributed by atoms with Crippen LogP contribution in [0.25, 0.3) is 0 Å². The summed E-state index contributed by atoms with van der Waals surface area (Å²) in [5, 5.41) is 22.0. The van der Waals surface area contributed by atoms with Crippen molar-refractivity contribution in [3.63, 3.8) is 0 Å². The third-order valence-corrected chi connectivity index (χ3v) is 13.7. The van der Waals surface area contributed by atoms with Crippen molar-refractivity contribution in [3.05, 3.63) is 144 Å². The molecular formula is C50H64N4O6. The van der Waals surface area contributed by atoms with Gasteiger partial charge in [-0.15, -0.1) is 0 Å². The minimum absolute atomic E-state index is 0.0942. The Bertz CT molecular complexity index is 1860. The zero-order valence-electron chi connectivity index (χ0n) is 35.6. The SMILES string of the molecule is CC1(C)[C@H](C(=O)OC[C@H](O)CN2CCN(C(c3ccccc3)c3ccccc3)CC2)CC[C@@]1(C)C(=O)OC[C@H](O)CN1CCN(C(c2ccccc2)c2ccccc2)CC1. The number of hydrogen-bond donors (Lipinski definition) is 2. The Hall–Kier alpha value is -4.42. The molecule has 1 aliphatic carbocycles. The fraction of sp³-hybridized carbons (Fsp3) is 0.480. The Labute approximate surface area is 356 Å². The van der Waals surface area contributed by atoms with E-state index in [-0.39, 0.29) is 25.3 Å². The molecule has 0 aromatic heterocycles. The number of piperazine rings is 2. The molecule has 2 N–H and O–H groups in total. The quantitative estimate of drug-likeness (QED) is 0.130. The van der Waals surface area contributed by atoms with Gasteiger partial charge in [0, 0.05) is 65.4 Å². The van der Waals surface area contributed by atoms with Gasteiger partial charge in [-0.25, -0.2) is 0 Å². The smallest absolute Gasteiger partial charge is 0.312 e. The highest BCUT2D eigenvalue weighted by Crippen LogP contribution is 2.57. The summed E-state index contributed by atoms with van der Waals surface area (Å²) in [5.74, 6) is -1.31. The zero-order chi connectivity index (χ0) is 42.1. The second-order valence-corrected chi connectivity index (χ2v) is 17.8. The minimum atomic E-state index is -0.929. The highest BCUT2D eigenvalue weighted by molar-refractivity contribution is 5.82. The lowest BCUT2D eigenvalue weighted by atomic mass is 9.65. The van der Waals surface area contributed by atoms with Gasteiger partial charge in [0.1, 0.15) is 25.4 Å². The summed E-state index contributed by atoms with van der Waals surface area (Å²) in [4.78, 5) is 36.7. The average molecular weight is 817 g/mol. The Morgan fingerprint density at radius 2 is 0.917 bits per heavy atom. The van der Waals surface area contributed by atoms with E-state index in [1.807, 2.05) is 45.0 Å². The second-order valence-electron chi connectivity index (χ2n) is 17.8. The summed E-state index contributed by atoms with van der Waals surface area (Å²) in [6.07, 6.45) is -0.689. The maximum absolute atomic E-state index is 13.7. The van der Waals surface area contributed by atoms with E-state index in [0.717, 1.165) is 52.4 Å². The topological polar surface area (TPSA) is 106 Å². The predicted molar refractivity (Wildman–Crippen MR) is 234 cm³/mol. The van der Waals surface area contributed by atoms with Crippen LogP contribution in [0.3, 0.4) is 0 Å². The largest absolute Gasteiger partial charge is 0.463 e. The molecule has 10 nitrogen and oxygen atoms in total. The number of hydrogen-bond acceptors (Lipinski definition) is 10. The first-order valence-corrected chi connectivity index (χ1v) is 21.9. The number of β-amino-alcohol motifs (C(OH)–C–C–N with tert-alkyl or cyclic N) is 2. The van der Waals surface area contributed by atoms with Crippen molar-refractivity contribution in [2.45, 2.75) is 57.9 Å². The molecule has 4 aromatic carbocycles. The van der Waals surface area contributed by atoms with Crippen molar-refractivity contribution >= 4 is 11.9 Å². The number of rotatable bonds is 16. The molecule has 60 heavy (non-hydrogen) atoms. The molecule has 3 aliphatic rings. The lowest BCUT2D eigenvalue weighted by Crippen LogP contribution is -2.50. The molecule has 4 aromatic rings. The zero-order valence-corrected chi connectivity index (χ0v) is 35.6. The molecule has 2 saturated heterocycles. The molecule has 10 heteroatoms. The first-order valence-electron chi connectivity index (χ1n) is 21.9. The fourth-order valence-corrected chi connectivity index (χ4v) is 9.77. The Morgan fingerprint density at radius 1 is 0.567 bits per heavy atom. The van der Waals surface area contributed by atoms with Crippen LogP contribution in [0.2, 0.25) is 0 Å². The van der Waals surface area contributed by atoms with E-state index in [2.05, 4.69) is 117 Å². The predicted octanol–water partition coefficient (Wildman–Crippen LogP) is 6.05. The van der Waals surface area contributed by atoms with Gasteiger partial charge in [-0.05, 0) is 47.4 Å². The molecule has 0 radical (unpaired) electrons. The second kappa shape index (κ2) is 20.0. The summed E-state index contributed by atoms with van der Waals surface area (Å²) >= 11 is 0. The van der Waals surface area contributed by atoms with Gasteiger partial charge in [0.2, 0.25) is 0 Å². The molecule has 0 unspecified atom stereocenters. The van der Waals surface area contributed by atoms with Crippen LogP contribution in [0.1, 0.15) is 68.0 Å². The molecule has 0 spiro atoms. The van der Waals surface area contributed by atoms with Crippen LogP contribution in [0.15, 0.2) is 121 Å². The number of aliphatic hydroxyl groups is 2. The Balaban J connectivity index is 0.835. The van der Waals surface area contributed by atoms with Gasteiger partial charge >= 0.3 is 11.9 Å². The van der Waals surface area contributed by atoms with E-state index in [1.165, 1.54) is 22.3 Å². The summed E-state index contributed by atoms with van der Waals surface area (Å²) in [6, 6.07) is 42.7. The van der Waals surface area contributed by atoms with Crippen LogP contribution < -0.4 is 0 Å². The Morgan fingerprint density at radius 3 is 1.28 bits per heavy atom. The van der Waals surface area contributed by atoms with E-state index in [9.17, 15) is 19.8 Å². The fourth-order valence-electron chi connectivity index (χ4n) is 9.77. The van der Waals surface area contributed by atoms with Crippen LogP contribution in [0.4, 0.5) is 0 Å². The minimum Gasteiger partial charge on any atom is -0.463 e. The van der Waals surface area contributed by atoms with Gasteiger partial charge in [-0.1, -0.05) is 135 Å². The number of nitrogens with zero attached hydrogens (tertiary/aromatic N) is 4. The summed E-state index contributed by atoms with van der Waals surface area (Å²) in [7, 11) is 0. The number of aliphatic hydroxyl groups excluding tert-OH is 2. The molecule has 0 amide bonds. The summed E-state index contributed by atoms with van der Waals surface area (Å²) in [6.45, 7) is 12.9. The Kier molecular flexibility index (Phi) is 14.5. The number of ether oxygens (including phenoxy) is 2. The van der Waals surface area contributed by atoms with Crippen LogP contribution in [0.5, 0.6) is 0 Å². The van der Waals surface area contributed by atoms with Gasteiger partial charge in [-0.3, -0.25) is 29.2 Å². The lowest BCUT2D eigenvalue weighted by molar-refractivity contribution is -0.168. The van der Waals surface area contributed by atoms with Gasteiger partial charge < -0.3 is 19.7 Å². The third-order valence-electron chi connectivity index (χ3n) is 13.7. The molecule has 1 saturated carbocycles. The number of benzene rings is 4. The van der Waals surface area contributed by atoms with E-state index >= 15 is 0 Å². The molecule has 2 heterocycles. The molecule has 0 bridgehead atoms. The van der Waals surface area contributed by atoms with E-state index in [1.54, 1.807) is 0 Å². The van der Waals surface area contributed by atoms with E-state index in [4.69, 9.17) is 9.47 Å². The number of esters is 2. The highest BCUT2D eigenvalue weighted by Gasteiger charge is 2.59. The summed E-state index contributed by atoms with van der Waals surface area (Å²) in [5.41, 5.74) is 3.38. The molecule has 7 rings (SSSR count). The van der Waals surface area contributed by atoms with Gasteiger partial charge in [0.25, 0.3) is 0 Å². The van der Waals surface area contributed by atoms with Crippen molar-refractivity contribution < 1.29 is 29.3 Å². The third kappa shape index (κ3) is 10.2. The highest BCUT2D eigenvalue weighted by atomic mass is 16.5. The maximum Gasteiger partial charge on any atom is 0.312 e. The van der Waals surface area contributed by atoms with Crippen molar-refractivity contribution in [1.29, 1.82) is 0 Å². The number of carbonyl (C=O) groups excluding carboxylic acids is 2. The molecular weight excluding hydrogens is 753 g/mol. The number of carbonyl (C=O) groups is 2. The van der Waals surface area contributed by atoms with Crippen LogP contribution in [-0.2, 0) is 19.1 Å². The average Bonchev–Trinajstić information content (AvgIpc) is 3.53. The first kappa shape index (κ1) is 43.7. The molecule has 320 valence electrons. The normalized spacial score (nSPS) is 22.8. The van der Waals surface area contributed by atoms with Crippen LogP contribution >= 0.6 is 0 Å². The lowest BCUT2D eigenvalue weighted by Gasteiger charge is -2.40. The summed E-state index contributed by atoms with van der Waals surface area (Å²) < 4.78 is 11.5. The van der Waals surface area contributed by atoms with Crippen molar-refractivity contribution in [2.75, 3.05) is 78.7 Å². The first-order chi connectivity index (χ1) is 29.0. The van der Waals surface area contributed by atoms with Crippen molar-refractivity contribution in [2.24, 2.45) is 16.7 Å². The molecule has 3 fully saturated rings. The van der Waals surface area contributed by atoms with Crippen molar-refractivity contribution in [1.82, 2.24) is 19.6 Å². The standard InChI is InChI=1S/C50H64N4O6/c1-49(2)44(47(57)59-36-42(55)34-51-26-30-53(31-27-51)45(38-16-8-4-9-17-38)39-18-10-5-11-19-39)24-25-50(49,3)48(58)60-37-43(56)35-52-28-32-54(33-29-52)46(40-20-12-6-13-21-40)41-22-14-7-15-23-41/h4-23,42-46,55-56H,24-37H2,1-3H3/t42-,43-,44+,50+/m1/s1. The molecule has 4 atom stereocenters. The van der Waals surface area contributed by atoms with Gasteiger partial charge in [-0.2, -0.15) is 0 Å². The molecule has 2 aliphatic heterocycles. The van der Waals surface area contributed by atoms with Gasteiger partial charge in [0.05, 0.1) is 23.4 Å². The van der Waals surface area contributed by atoms with Crippen LogP contribution in [0, 0.1) is 16.7 Å². The van der Waals surface area contributed by atoms with E-state index < -0.39 is 40.9 Å². The van der Waals surface area contributed by atoms with Gasteiger partial charge in [0.15, 0.2) is 0 Å². The van der Waals surface area contributed by atoms with Crippen molar-refractivity contribution in [3.8, 4) is 0 Å². The monoisotopic (exact) mass is 816 g/mol. The maximum atomic E-state index is 13.7. The van der Waals surface area contributed by atoms with Crippen LogP contribution in [-0.4, -0.2) is 133 Å². The van der Waals surface area contributed by atoms with E-state index in [0.29, 0.717) is 25.9 Å².